The summed E-state index contributed by atoms with van der Waals surface area (Å²) >= 11 is 0. The van der Waals surface area contributed by atoms with Crippen molar-refractivity contribution in [3.05, 3.63) is 0 Å². The zero-order valence-electron chi connectivity index (χ0n) is 10.8. The summed E-state index contributed by atoms with van der Waals surface area (Å²) in [7, 11) is 1.69. The second-order valence-corrected chi connectivity index (χ2v) is 4.91. The summed E-state index contributed by atoms with van der Waals surface area (Å²) in [5, 5.41) is 3.35. The molecule has 0 aromatic heterocycles. The quantitative estimate of drug-likeness (QED) is 0.695. The average molecular weight is 228 g/mol. The molecule has 1 aliphatic rings. The maximum atomic E-state index is 11.9. The number of amides is 1. The Morgan fingerprint density at radius 3 is 2.75 bits per heavy atom. The molecule has 1 rings (SSSR count). The van der Waals surface area contributed by atoms with Crippen LogP contribution in [-0.4, -0.2) is 43.3 Å². The molecule has 1 amide bonds. The monoisotopic (exact) mass is 228 g/mol. The minimum Gasteiger partial charge on any atom is -0.385 e. The molecule has 1 N–H and O–H groups in total. The molecule has 0 spiro atoms. The highest BCUT2D eigenvalue weighted by Gasteiger charge is 2.35. The van der Waals surface area contributed by atoms with Crippen molar-refractivity contribution >= 4 is 5.91 Å². The molecule has 2 unspecified atom stereocenters. The first-order valence-corrected chi connectivity index (χ1v) is 6.11. The van der Waals surface area contributed by atoms with Crippen LogP contribution >= 0.6 is 0 Å². The third-order valence-electron chi connectivity index (χ3n) is 2.91. The summed E-state index contributed by atoms with van der Waals surface area (Å²) in [5.74, 6) is 0.822. The van der Waals surface area contributed by atoms with Crippen LogP contribution < -0.4 is 5.32 Å². The smallest absolute Gasteiger partial charge is 0.240 e. The van der Waals surface area contributed by atoms with Crippen molar-refractivity contribution in [2.24, 2.45) is 5.92 Å². The Morgan fingerprint density at radius 1 is 1.50 bits per heavy atom. The van der Waals surface area contributed by atoms with E-state index in [1.807, 2.05) is 11.8 Å². The Kier molecular flexibility index (Phi) is 5.22. The van der Waals surface area contributed by atoms with Gasteiger partial charge >= 0.3 is 0 Å². The highest BCUT2D eigenvalue weighted by Crippen LogP contribution is 2.17. The van der Waals surface area contributed by atoms with Gasteiger partial charge in [0.1, 0.15) is 0 Å². The van der Waals surface area contributed by atoms with Gasteiger partial charge in [-0.1, -0.05) is 13.8 Å². The van der Waals surface area contributed by atoms with Crippen LogP contribution in [0.3, 0.4) is 0 Å². The summed E-state index contributed by atoms with van der Waals surface area (Å²) in [4.78, 5) is 13.9. The summed E-state index contributed by atoms with van der Waals surface area (Å²) in [6.07, 6.45) is 2.13. The van der Waals surface area contributed by atoms with Crippen molar-refractivity contribution in [1.29, 1.82) is 0 Å². The highest BCUT2D eigenvalue weighted by molar-refractivity contribution is 5.83. The van der Waals surface area contributed by atoms with E-state index in [0.29, 0.717) is 12.5 Å². The van der Waals surface area contributed by atoms with Crippen LogP contribution in [-0.2, 0) is 9.53 Å². The number of nitrogens with zero attached hydrogens (tertiary/aromatic N) is 1. The fourth-order valence-corrected chi connectivity index (χ4v) is 2.14. The van der Waals surface area contributed by atoms with E-state index in [1.54, 1.807) is 7.11 Å². The number of methoxy groups -OCH3 is 1. The molecule has 4 heteroatoms. The lowest BCUT2D eigenvalue weighted by atomic mass is 10.1. The molecule has 1 saturated heterocycles. The van der Waals surface area contributed by atoms with E-state index in [-0.39, 0.29) is 18.1 Å². The largest absolute Gasteiger partial charge is 0.385 e. The van der Waals surface area contributed by atoms with Crippen molar-refractivity contribution in [3.63, 3.8) is 0 Å². The first-order chi connectivity index (χ1) is 7.56. The first-order valence-electron chi connectivity index (χ1n) is 6.11. The number of nitrogens with one attached hydrogen (secondary N) is 1. The summed E-state index contributed by atoms with van der Waals surface area (Å²) in [6.45, 7) is 7.81. The van der Waals surface area contributed by atoms with Gasteiger partial charge in [-0.2, -0.15) is 0 Å². The van der Waals surface area contributed by atoms with Gasteiger partial charge in [-0.05, 0) is 25.7 Å². The Labute approximate surface area is 98.3 Å². The first kappa shape index (κ1) is 13.5. The Balaban J connectivity index is 2.50. The molecular weight excluding hydrogens is 204 g/mol. The van der Waals surface area contributed by atoms with Gasteiger partial charge in [-0.15, -0.1) is 0 Å². The van der Waals surface area contributed by atoms with Gasteiger partial charge in [0.25, 0.3) is 0 Å². The van der Waals surface area contributed by atoms with Crippen LogP contribution in [0.25, 0.3) is 0 Å². The number of ether oxygens (including phenoxy) is 1. The fourth-order valence-electron chi connectivity index (χ4n) is 2.14. The number of hydrogen-bond acceptors (Lipinski definition) is 3. The van der Waals surface area contributed by atoms with E-state index in [4.69, 9.17) is 4.74 Å². The molecule has 2 atom stereocenters. The summed E-state index contributed by atoms with van der Waals surface area (Å²) < 4.78 is 5.02. The third kappa shape index (κ3) is 3.46. The van der Waals surface area contributed by atoms with Gasteiger partial charge < -0.3 is 9.64 Å². The minimum atomic E-state index is -0.0358. The molecule has 0 aromatic carbocycles. The number of rotatable bonds is 6. The molecule has 16 heavy (non-hydrogen) atoms. The van der Waals surface area contributed by atoms with Crippen molar-refractivity contribution in [3.8, 4) is 0 Å². The zero-order valence-corrected chi connectivity index (χ0v) is 10.8. The van der Waals surface area contributed by atoms with Crippen LogP contribution in [0.2, 0.25) is 0 Å². The number of carbonyl (C=O) groups is 1. The third-order valence-corrected chi connectivity index (χ3v) is 2.91. The highest BCUT2D eigenvalue weighted by atomic mass is 16.5. The number of carbonyl (C=O) groups excluding carboxylic acids is 1. The van der Waals surface area contributed by atoms with Gasteiger partial charge in [0.05, 0.1) is 12.2 Å². The molecule has 0 aromatic rings. The van der Waals surface area contributed by atoms with E-state index >= 15 is 0 Å². The average Bonchev–Trinajstić information content (AvgIpc) is 2.45. The van der Waals surface area contributed by atoms with E-state index in [0.717, 1.165) is 19.4 Å². The second kappa shape index (κ2) is 6.21. The predicted octanol–water partition coefficient (Wildman–Crippen LogP) is 1.22. The lowest BCUT2D eigenvalue weighted by Crippen LogP contribution is -2.39. The second-order valence-electron chi connectivity index (χ2n) is 4.91. The van der Waals surface area contributed by atoms with Gasteiger partial charge in [-0.25, -0.2) is 0 Å². The molecule has 0 radical (unpaired) electrons. The molecule has 0 bridgehead atoms. The van der Waals surface area contributed by atoms with Crippen LogP contribution in [0, 0.1) is 5.92 Å². The topological polar surface area (TPSA) is 41.6 Å². The van der Waals surface area contributed by atoms with E-state index in [1.165, 1.54) is 0 Å². The maximum absolute atomic E-state index is 11.9. The van der Waals surface area contributed by atoms with Gasteiger partial charge in [0, 0.05) is 20.3 Å². The fraction of sp³-hybridized carbons (Fsp3) is 0.917. The molecular formula is C12H24N2O2. The predicted molar refractivity (Wildman–Crippen MR) is 64.0 cm³/mol. The van der Waals surface area contributed by atoms with Gasteiger partial charge in [-0.3, -0.25) is 10.1 Å². The van der Waals surface area contributed by atoms with Crippen LogP contribution in [0.15, 0.2) is 0 Å². The molecule has 0 aliphatic carbocycles. The van der Waals surface area contributed by atoms with E-state index < -0.39 is 0 Å². The zero-order chi connectivity index (χ0) is 12.1. The van der Waals surface area contributed by atoms with Gasteiger partial charge in [0.15, 0.2) is 0 Å². The SMILES string of the molecule is COCCCN1C(=O)C(C)NC1CC(C)C. The minimum absolute atomic E-state index is 0.0358. The van der Waals surface area contributed by atoms with Gasteiger partial charge in [0.2, 0.25) is 5.91 Å². The number of hydrogen-bond donors (Lipinski definition) is 1. The van der Waals surface area contributed by atoms with Crippen LogP contribution in [0.4, 0.5) is 0 Å². The Hall–Kier alpha value is -0.610. The maximum Gasteiger partial charge on any atom is 0.240 e. The molecule has 1 aliphatic heterocycles. The molecule has 4 nitrogen and oxygen atoms in total. The standard InChI is InChI=1S/C12H24N2O2/c1-9(2)8-11-13-10(3)12(15)14(11)6-5-7-16-4/h9-11,13H,5-8H2,1-4H3. The Morgan fingerprint density at radius 2 is 2.19 bits per heavy atom. The van der Waals surface area contributed by atoms with Crippen LogP contribution in [0.5, 0.6) is 0 Å². The molecule has 94 valence electrons. The molecule has 1 fully saturated rings. The summed E-state index contributed by atoms with van der Waals surface area (Å²) in [6, 6.07) is -0.0358. The normalized spacial score (nSPS) is 25.8. The lowest BCUT2D eigenvalue weighted by molar-refractivity contribution is -0.130. The van der Waals surface area contributed by atoms with E-state index in [2.05, 4.69) is 19.2 Å². The van der Waals surface area contributed by atoms with E-state index in [9.17, 15) is 4.79 Å². The molecule has 0 saturated carbocycles. The van der Waals surface area contributed by atoms with Crippen molar-refractivity contribution in [2.45, 2.75) is 45.8 Å². The summed E-state index contributed by atoms with van der Waals surface area (Å²) in [5.41, 5.74) is 0. The van der Waals surface area contributed by atoms with Crippen molar-refractivity contribution in [1.82, 2.24) is 10.2 Å². The lowest BCUT2D eigenvalue weighted by Gasteiger charge is -2.25. The van der Waals surface area contributed by atoms with Crippen LogP contribution in [0.1, 0.15) is 33.6 Å². The van der Waals surface area contributed by atoms with Crippen molar-refractivity contribution in [2.75, 3.05) is 20.3 Å². The molecule has 1 heterocycles. The van der Waals surface area contributed by atoms with Crippen molar-refractivity contribution < 1.29 is 9.53 Å². The Bertz CT molecular complexity index is 231.